The second kappa shape index (κ2) is 7.87. The summed E-state index contributed by atoms with van der Waals surface area (Å²) in [7, 11) is 0. The Morgan fingerprint density at radius 2 is 1.44 bits per heavy atom. The molecule has 3 aliphatic rings. The van der Waals surface area contributed by atoms with Gasteiger partial charge in [-0.15, -0.1) is 0 Å². The summed E-state index contributed by atoms with van der Waals surface area (Å²) < 4.78 is 2.32. The number of aromatic nitrogens is 3. The third kappa shape index (κ3) is 2.85. The highest BCUT2D eigenvalue weighted by Crippen LogP contribution is 2.51. The van der Waals surface area contributed by atoms with E-state index in [2.05, 4.69) is 128 Å². The molecule has 2 heterocycles. The summed E-state index contributed by atoms with van der Waals surface area (Å²) in [5.74, 6) is 1.23. The summed E-state index contributed by atoms with van der Waals surface area (Å²) in [4.78, 5) is 10.8. The summed E-state index contributed by atoms with van der Waals surface area (Å²) in [5.41, 5.74) is 13.5. The fourth-order valence-electron chi connectivity index (χ4n) is 8.35. The van der Waals surface area contributed by atoms with Crippen molar-refractivity contribution in [3.63, 3.8) is 0 Å². The van der Waals surface area contributed by atoms with Crippen LogP contribution in [0, 0.1) is 5.92 Å². The Labute approximate surface area is 249 Å². The first-order valence-corrected chi connectivity index (χ1v) is 15.3. The van der Waals surface area contributed by atoms with Crippen molar-refractivity contribution in [2.45, 2.75) is 32.6 Å². The summed E-state index contributed by atoms with van der Waals surface area (Å²) in [6.07, 6.45) is 5.77. The van der Waals surface area contributed by atoms with E-state index in [4.69, 9.17) is 9.97 Å². The van der Waals surface area contributed by atoms with Crippen molar-refractivity contribution in [2.75, 3.05) is 0 Å². The first-order chi connectivity index (χ1) is 21.0. The van der Waals surface area contributed by atoms with Crippen LogP contribution < -0.4 is 0 Å². The highest BCUT2D eigenvalue weighted by Gasteiger charge is 2.35. The van der Waals surface area contributed by atoms with Crippen LogP contribution in [0.5, 0.6) is 0 Å². The average molecular weight is 552 g/mol. The maximum absolute atomic E-state index is 5.45. The molecule has 7 aromatic rings. The van der Waals surface area contributed by atoms with Gasteiger partial charge in [0, 0.05) is 27.1 Å². The molecule has 5 aromatic carbocycles. The van der Waals surface area contributed by atoms with Crippen molar-refractivity contribution in [3.8, 4) is 17.2 Å². The van der Waals surface area contributed by atoms with Gasteiger partial charge in [-0.2, -0.15) is 0 Å². The smallest absolute Gasteiger partial charge is 0.235 e. The van der Waals surface area contributed by atoms with Crippen LogP contribution in [0.4, 0.5) is 0 Å². The van der Waals surface area contributed by atoms with Gasteiger partial charge in [0.15, 0.2) is 0 Å². The zero-order valence-corrected chi connectivity index (χ0v) is 24.4. The van der Waals surface area contributed by atoms with Gasteiger partial charge in [-0.05, 0) is 74.7 Å². The van der Waals surface area contributed by atoms with Crippen molar-refractivity contribution < 1.29 is 0 Å². The number of hydrogen-bond donors (Lipinski definition) is 0. The molecular weight excluding hydrogens is 522 g/mol. The molecule has 10 rings (SSSR count). The third-order valence-electron chi connectivity index (χ3n) is 10.3. The molecule has 3 aliphatic carbocycles. The molecule has 0 N–H and O–H groups in total. The monoisotopic (exact) mass is 551 g/mol. The molecule has 3 nitrogen and oxygen atoms in total. The van der Waals surface area contributed by atoms with Gasteiger partial charge >= 0.3 is 0 Å². The van der Waals surface area contributed by atoms with E-state index >= 15 is 0 Å². The van der Waals surface area contributed by atoms with E-state index in [1.807, 2.05) is 0 Å². The predicted molar refractivity (Wildman–Crippen MR) is 179 cm³/mol. The van der Waals surface area contributed by atoms with Crippen LogP contribution in [0.15, 0.2) is 103 Å². The second-order valence-electron chi connectivity index (χ2n) is 13.1. The minimum Gasteiger partial charge on any atom is -0.278 e. The Morgan fingerprint density at radius 1 is 0.674 bits per heavy atom. The van der Waals surface area contributed by atoms with E-state index in [1.54, 1.807) is 0 Å². The number of benzene rings is 5. The molecule has 3 heteroatoms. The number of rotatable bonds is 1. The number of nitrogens with zero attached hydrogens (tertiary/aromatic N) is 3. The standard InChI is InChI=1S/C40H29N3/c1-22-17-19-24-25-11-6-9-23-18-20-33-37(34(23)25)35-26(28(24)21-22)12-7-16-32(35)43(33)39-41-31-15-8-14-30-36(31)38(42-39)27-10-4-5-13-29(27)40(30,2)3/h4-20,22H,21H2,1-3H3. The van der Waals surface area contributed by atoms with Crippen molar-refractivity contribution >= 4 is 54.6 Å². The lowest BCUT2D eigenvalue weighted by molar-refractivity contribution is 0.643. The zero-order valence-electron chi connectivity index (χ0n) is 24.4. The molecule has 0 amide bonds. The lowest BCUT2D eigenvalue weighted by Crippen LogP contribution is -2.24. The molecule has 0 spiro atoms. The Balaban J connectivity index is 1.38. The average Bonchev–Trinajstić information content (AvgIpc) is 3.32. The predicted octanol–water partition coefficient (Wildman–Crippen LogP) is 10.0. The second-order valence-corrected chi connectivity index (χ2v) is 13.1. The maximum atomic E-state index is 5.45. The molecule has 2 aromatic heterocycles. The number of hydrogen-bond acceptors (Lipinski definition) is 2. The van der Waals surface area contributed by atoms with Gasteiger partial charge in [-0.25, -0.2) is 9.97 Å². The van der Waals surface area contributed by atoms with Crippen LogP contribution in [0.1, 0.15) is 49.4 Å². The minimum absolute atomic E-state index is 0.126. The summed E-state index contributed by atoms with van der Waals surface area (Å²) in [6, 6.07) is 33.5. The number of fused-ring (bicyclic) bond motifs is 4. The molecule has 0 saturated carbocycles. The van der Waals surface area contributed by atoms with Crippen molar-refractivity contribution in [2.24, 2.45) is 5.92 Å². The Bertz CT molecular complexity index is 2470. The highest BCUT2D eigenvalue weighted by molar-refractivity contribution is 6.29. The highest BCUT2D eigenvalue weighted by atomic mass is 15.2. The van der Waals surface area contributed by atoms with Gasteiger partial charge in [-0.1, -0.05) is 106 Å². The van der Waals surface area contributed by atoms with Crippen LogP contribution in [0.2, 0.25) is 0 Å². The van der Waals surface area contributed by atoms with Gasteiger partial charge in [0.2, 0.25) is 5.95 Å². The van der Waals surface area contributed by atoms with Crippen LogP contribution in [-0.2, 0) is 5.41 Å². The normalized spacial score (nSPS) is 17.8. The molecule has 0 saturated heterocycles. The first kappa shape index (κ1) is 23.5. The van der Waals surface area contributed by atoms with E-state index in [0.29, 0.717) is 5.92 Å². The summed E-state index contributed by atoms with van der Waals surface area (Å²) in [6.45, 7) is 6.95. The van der Waals surface area contributed by atoms with Crippen LogP contribution in [0.3, 0.4) is 0 Å². The van der Waals surface area contributed by atoms with Crippen LogP contribution >= 0.6 is 0 Å². The van der Waals surface area contributed by atoms with Crippen molar-refractivity contribution in [1.82, 2.24) is 14.5 Å². The molecule has 0 fully saturated rings. The molecular formula is C40H29N3. The molecule has 204 valence electrons. The molecule has 43 heavy (non-hydrogen) atoms. The molecule has 1 atom stereocenters. The topological polar surface area (TPSA) is 30.7 Å². The van der Waals surface area contributed by atoms with E-state index in [1.165, 1.54) is 65.9 Å². The Kier molecular flexibility index (Phi) is 4.31. The number of allylic oxidation sites excluding steroid dienone is 4. The first-order valence-electron chi connectivity index (χ1n) is 15.3. The van der Waals surface area contributed by atoms with Gasteiger partial charge in [0.25, 0.3) is 0 Å². The van der Waals surface area contributed by atoms with Gasteiger partial charge in [0.1, 0.15) is 0 Å². The maximum Gasteiger partial charge on any atom is 0.235 e. The summed E-state index contributed by atoms with van der Waals surface area (Å²) >= 11 is 0. The fraction of sp³-hybridized carbons (Fsp3) is 0.150. The summed E-state index contributed by atoms with van der Waals surface area (Å²) in [5, 5.41) is 6.40. The lowest BCUT2D eigenvalue weighted by Gasteiger charge is -2.34. The van der Waals surface area contributed by atoms with Crippen LogP contribution in [-0.4, -0.2) is 14.5 Å². The minimum atomic E-state index is -0.126. The van der Waals surface area contributed by atoms with E-state index < -0.39 is 0 Å². The molecule has 0 radical (unpaired) electrons. The quantitative estimate of drug-likeness (QED) is 0.203. The van der Waals surface area contributed by atoms with Crippen LogP contribution in [0.25, 0.3) is 71.8 Å². The third-order valence-corrected chi connectivity index (χ3v) is 10.3. The fourth-order valence-corrected chi connectivity index (χ4v) is 8.35. The molecule has 0 aliphatic heterocycles. The van der Waals surface area contributed by atoms with Gasteiger partial charge in [-0.3, -0.25) is 4.57 Å². The van der Waals surface area contributed by atoms with Crippen molar-refractivity contribution in [1.29, 1.82) is 0 Å². The Morgan fingerprint density at radius 3 is 2.37 bits per heavy atom. The zero-order chi connectivity index (χ0) is 28.6. The molecule has 0 bridgehead atoms. The van der Waals surface area contributed by atoms with E-state index in [0.717, 1.165) is 34.6 Å². The SMILES string of the molecule is CC1C=CC2=C(C1)c1cccc3c1c1c4c2cccc4ccc1n3-c1nc2c3c(cccc3n1)C(C)(C)c1ccccc1-2. The van der Waals surface area contributed by atoms with Crippen molar-refractivity contribution in [3.05, 3.63) is 125 Å². The molecule has 1 unspecified atom stereocenters. The van der Waals surface area contributed by atoms with E-state index in [-0.39, 0.29) is 5.41 Å². The van der Waals surface area contributed by atoms with E-state index in [9.17, 15) is 0 Å². The Hall–Kier alpha value is -5.02. The largest absolute Gasteiger partial charge is 0.278 e. The van der Waals surface area contributed by atoms with Gasteiger partial charge in [0.05, 0.1) is 22.2 Å². The van der Waals surface area contributed by atoms with Gasteiger partial charge < -0.3 is 0 Å². The lowest BCUT2D eigenvalue weighted by atomic mass is 9.70.